The molecule has 3 rings (SSSR count). The highest BCUT2D eigenvalue weighted by Gasteiger charge is 2.38. The summed E-state index contributed by atoms with van der Waals surface area (Å²) in [6, 6.07) is 1.08. The Hall–Kier alpha value is -9.72. The Balaban J connectivity index is 1.92. The number of carbonyl (C=O) groups excluding carboxylic acids is 10. The van der Waals surface area contributed by atoms with Gasteiger partial charge in [0.05, 0.1) is 18.7 Å². The molecule has 0 bridgehead atoms. The maximum absolute atomic E-state index is 14.5. The van der Waals surface area contributed by atoms with Gasteiger partial charge in [0.25, 0.3) is 0 Å². The van der Waals surface area contributed by atoms with Crippen molar-refractivity contribution in [2.45, 2.75) is 199 Å². The monoisotopic (exact) mass is 1360 g/mol. The summed E-state index contributed by atoms with van der Waals surface area (Å²) in [5.74, 6) is -15.8. The molecule has 1 heterocycles. The molecule has 0 aliphatic heterocycles. The largest absolute Gasteiger partial charge is 0.481 e. The number of aliphatic hydroxyl groups is 1. The van der Waals surface area contributed by atoms with Crippen LogP contribution in [0.15, 0.2) is 65.8 Å². The highest BCUT2D eigenvalue weighted by Crippen LogP contribution is 2.21. The van der Waals surface area contributed by atoms with E-state index >= 15 is 0 Å². The molecule has 32 heteroatoms. The van der Waals surface area contributed by atoms with E-state index in [2.05, 4.69) is 63.1 Å². The Morgan fingerprint density at radius 1 is 0.515 bits per heavy atom. The van der Waals surface area contributed by atoms with E-state index in [1.807, 2.05) is 0 Å². The summed E-state index contributed by atoms with van der Waals surface area (Å²) in [6.45, 7) is 13.9. The number of nitrogens with two attached hydrogens (primary N) is 3. The normalized spacial score (nSPS) is 15.3. The Morgan fingerprint density at radius 2 is 0.969 bits per heavy atom. The molecule has 0 saturated heterocycles. The number of benzene rings is 2. The van der Waals surface area contributed by atoms with E-state index in [1.165, 1.54) is 0 Å². The number of para-hydroxylation sites is 1. The summed E-state index contributed by atoms with van der Waals surface area (Å²) in [5.41, 5.74) is 19.2. The molecule has 21 N–H and O–H groups in total. The first-order chi connectivity index (χ1) is 45.7. The highest BCUT2D eigenvalue weighted by molar-refractivity contribution is 5.99. The van der Waals surface area contributed by atoms with E-state index in [0.717, 1.165) is 6.92 Å². The Morgan fingerprint density at radius 3 is 1.48 bits per heavy atom. The number of carbonyl (C=O) groups is 13. The Bertz CT molecular complexity index is 3210. The van der Waals surface area contributed by atoms with Crippen LogP contribution in [0.3, 0.4) is 0 Å². The van der Waals surface area contributed by atoms with Crippen molar-refractivity contribution in [1.29, 1.82) is 0 Å². The average molecular weight is 1360 g/mol. The molecule has 13 atom stereocenters. The number of aromatic amines is 1. The van der Waals surface area contributed by atoms with Crippen LogP contribution in [0.2, 0.25) is 0 Å². The second kappa shape index (κ2) is 40.6. The van der Waals surface area contributed by atoms with Crippen LogP contribution in [0.25, 0.3) is 10.9 Å². The number of hydrogen-bond acceptors (Lipinski definition) is 16. The van der Waals surface area contributed by atoms with Crippen molar-refractivity contribution in [2.24, 2.45) is 45.9 Å². The second-order valence-corrected chi connectivity index (χ2v) is 24.9. The van der Waals surface area contributed by atoms with E-state index in [1.54, 1.807) is 116 Å². The van der Waals surface area contributed by atoms with Crippen LogP contribution in [0.1, 0.15) is 131 Å². The fraction of sp³-hybridized carbons (Fsp3) is 0.569. The van der Waals surface area contributed by atoms with Gasteiger partial charge in [-0.1, -0.05) is 117 Å². The maximum Gasteiger partial charge on any atom is 0.326 e. The molecule has 0 spiro atoms. The number of aliphatic hydroxyl groups excluding tert-OH is 1. The van der Waals surface area contributed by atoms with Crippen molar-refractivity contribution in [3.05, 3.63) is 71.9 Å². The van der Waals surface area contributed by atoms with E-state index in [4.69, 9.17) is 17.2 Å². The maximum atomic E-state index is 14.5. The Labute approximate surface area is 563 Å². The van der Waals surface area contributed by atoms with Crippen molar-refractivity contribution >= 4 is 93.8 Å². The third-order valence-electron chi connectivity index (χ3n) is 16.2. The zero-order chi connectivity index (χ0) is 72.8. The number of H-pyrrole nitrogens is 1. The molecule has 0 saturated carbocycles. The van der Waals surface area contributed by atoms with Gasteiger partial charge < -0.3 is 95.8 Å². The SMILES string of the molecule is CC[C@H](C)[C@H](NC(=O)[C@H](Cc1ccccc1)NC(=O)[C@@H](N)C(C)C)C(=O)N[C@H](C(=O)N[C@@H](CCC(=O)O)C(=O)N[C@@H](CCCN=C(N)N)C(=O)N[C@@H](CCC(=O)O)C(=O)N[C@H](C(=O)NCC(=O)N[C@@H](Cc1c[nH]c2ccccc12)C(=O)N[C@@H](CC(C)C)C(=O)O)[C@@H](C)O)[C@@H](C)CC. The quantitative estimate of drug-likeness (QED) is 0.0180. The lowest BCUT2D eigenvalue weighted by molar-refractivity contribution is -0.142. The van der Waals surface area contributed by atoms with Gasteiger partial charge in [-0.25, -0.2) is 4.79 Å². The molecule has 0 fully saturated rings. The summed E-state index contributed by atoms with van der Waals surface area (Å²) in [6.07, 6.45) is -2.67. The zero-order valence-corrected chi connectivity index (χ0v) is 56.4. The minimum atomic E-state index is -1.90. The number of fused-ring (bicyclic) bond motifs is 1. The lowest BCUT2D eigenvalue weighted by Crippen LogP contribution is -2.62. The number of nitrogens with one attached hydrogen (secondary N) is 11. The average Bonchev–Trinajstić information content (AvgIpc) is 1.73. The van der Waals surface area contributed by atoms with E-state index in [9.17, 15) is 82.8 Å². The number of carboxylic acid groups (broad SMARTS) is 3. The predicted molar refractivity (Wildman–Crippen MR) is 357 cm³/mol. The number of aliphatic carboxylic acids is 3. The molecule has 0 unspecified atom stereocenters. The fourth-order valence-electron chi connectivity index (χ4n) is 10.1. The van der Waals surface area contributed by atoms with Gasteiger partial charge in [-0.15, -0.1) is 0 Å². The van der Waals surface area contributed by atoms with E-state index < -0.39 is 188 Å². The predicted octanol–water partition coefficient (Wildman–Crippen LogP) is -1.20. The van der Waals surface area contributed by atoms with Crippen LogP contribution < -0.4 is 70.4 Å². The first-order valence-corrected chi connectivity index (χ1v) is 32.4. The molecule has 1 aromatic heterocycles. The summed E-state index contributed by atoms with van der Waals surface area (Å²) in [4.78, 5) is 183. The topological polar surface area (TPSA) is 529 Å². The molecule has 10 amide bonds. The third-order valence-corrected chi connectivity index (χ3v) is 16.2. The summed E-state index contributed by atoms with van der Waals surface area (Å²) < 4.78 is 0. The lowest BCUT2D eigenvalue weighted by atomic mass is 9.94. The van der Waals surface area contributed by atoms with Gasteiger partial charge in [0.15, 0.2) is 5.96 Å². The zero-order valence-electron chi connectivity index (χ0n) is 56.4. The molecular formula is C65H99N15O17. The minimum absolute atomic E-state index is 0.0207. The fourth-order valence-corrected chi connectivity index (χ4v) is 10.1. The minimum Gasteiger partial charge on any atom is -0.481 e. The van der Waals surface area contributed by atoms with Crippen molar-refractivity contribution in [3.63, 3.8) is 0 Å². The third kappa shape index (κ3) is 27.9. The van der Waals surface area contributed by atoms with Gasteiger partial charge in [-0.05, 0) is 79.9 Å². The number of aromatic nitrogens is 1. The second-order valence-electron chi connectivity index (χ2n) is 24.9. The smallest absolute Gasteiger partial charge is 0.326 e. The van der Waals surface area contributed by atoms with Gasteiger partial charge in [0.2, 0.25) is 59.1 Å². The summed E-state index contributed by atoms with van der Waals surface area (Å²) >= 11 is 0. The van der Waals surface area contributed by atoms with Crippen molar-refractivity contribution < 1.29 is 82.8 Å². The molecule has 97 heavy (non-hydrogen) atoms. The number of nitrogens with zero attached hydrogens (tertiary/aromatic N) is 1. The molecule has 0 radical (unpaired) electrons. The molecular weight excluding hydrogens is 1260 g/mol. The number of amides is 10. The van der Waals surface area contributed by atoms with Crippen LogP contribution in [-0.4, -0.2) is 188 Å². The van der Waals surface area contributed by atoms with Crippen LogP contribution in [-0.2, 0) is 75.2 Å². The molecule has 32 nitrogen and oxygen atoms in total. The van der Waals surface area contributed by atoms with Gasteiger partial charge in [0.1, 0.15) is 54.4 Å². The van der Waals surface area contributed by atoms with Crippen LogP contribution in [0, 0.1) is 23.7 Å². The van der Waals surface area contributed by atoms with Gasteiger partial charge in [-0.2, -0.15) is 0 Å². The van der Waals surface area contributed by atoms with Crippen LogP contribution >= 0.6 is 0 Å². The standard InChI is InChI=1S/C65H99N15O17/c1-10-35(7)52(79-63(95)53(36(8)11-2)78-59(91)45(29-38-18-13-12-14-19-38)76-60(92)51(66)34(5)6)62(94)75-43(23-25-49(83)84)56(88)73-42(22-17-27-69-65(67)68)55(87)74-44(24-26-50(85)86)57(89)80-54(37(9)81)61(93)71-32-48(82)72-46(58(90)77-47(64(96)97)28-33(3)4)30-39-31-70-41-21-16-15-20-40(39)41/h12-16,18-21,31,33-37,42-47,51-54,70,81H,10-11,17,22-30,32,66H2,1-9H3,(H,71,93)(H,72,82)(H,73,88)(H,74,87)(H,75,94)(H,76,92)(H,77,90)(H,78,91)(H,79,95)(H,80,89)(H,83,84)(H,85,86)(H,96,97)(H4,67,68,69)/t35-,36-,37+,42-,43-,44-,45-,46-,47-,51-,52-,53-,54-/m0/s1. The van der Waals surface area contributed by atoms with Gasteiger partial charge in [0, 0.05) is 49.3 Å². The van der Waals surface area contributed by atoms with Gasteiger partial charge >= 0.3 is 17.9 Å². The van der Waals surface area contributed by atoms with Crippen molar-refractivity contribution in [1.82, 2.24) is 58.2 Å². The van der Waals surface area contributed by atoms with Crippen molar-refractivity contribution in [2.75, 3.05) is 13.1 Å². The summed E-state index contributed by atoms with van der Waals surface area (Å²) in [5, 5.41) is 65.9. The number of carboxylic acids is 3. The first kappa shape index (κ1) is 81.5. The van der Waals surface area contributed by atoms with E-state index in [0.29, 0.717) is 28.5 Å². The molecule has 2 aromatic carbocycles. The van der Waals surface area contributed by atoms with Crippen LogP contribution in [0.5, 0.6) is 0 Å². The number of guanidine groups is 1. The van der Waals surface area contributed by atoms with Gasteiger partial charge in [-0.3, -0.25) is 62.5 Å². The first-order valence-electron chi connectivity index (χ1n) is 32.4. The number of hydrogen-bond donors (Lipinski definition) is 18. The molecule has 3 aromatic rings. The number of aliphatic imine (C=N–C) groups is 1. The Kier molecular flexibility index (Phi) is 34.1. The molecule has 536 valence electrons. The number of rotatable bonds is 43. The van der Waals surface area contributed by atoms with E-state index in [-0.39, 0.29) is 62.9 Å². The highest BCUT2D eigenvalue weighted by atomic mass is 16.4. The van der Waals surface area contributed by atoms with Crippen LogP contribution in [0.4, 0.5) is 0 Å². The summed E-state index contributed by atoms with van der Waals surface area (Å²) in [7, 11) is 0. The lowest BCUT2D eigenvalue weighted by Gasteiger charge is -2.31. The molecule has 0 aliphatic carbocycles. The molecule has 0 aliphatic rings. The van der Waals surface area contributed by atoms with Crippen molar-refractivity contribution in [3.8, 4) is 0 Å².